The summed E-state index contributed by atoms with van der Waals surface area (Å²) in [4.78, 5) is 2.46. The molecule has 0 atom stereocenters. The summed E-state index contributed by atoms with van der Waals surface area (Å²) in [6.45, 7) is 10.1. The van der Waals surface area contributed by atoms with Crippen LogP contribution >= 0.6 is 27.7 Å². The molecule has 0 radical (unpaired) electrons. The first-order valence-electron chi connectivity index (χ1n) is 6.64. The first-order chi connectivity index (χ1) is 8.63. The molecule has 0 N–H and O–H groups in total. The molecule has 0 saturated carbocycles. The highest BCUT2D eigenvalue weighted by Gasteiger charge is 2.12. The quantitative estimate of drug-likeness (QED) is 0.681. The molecule has 1 rings (SSSR count). The zero-order valence-electron chi connectivity index (χ0n) is 11.9. The Hall–Kier alpha value is -0.0000000000000000555. The Balaban J connectivity index is 2.42. The topological polar surface area (TPSA) is 21.1 Å². The van der Waals surface area contributed by atoms with Crippen LogP contribution in [-0.2, 0) is 19.2 Å². The van der Waals surface area contributed by atoms with E-state index in [4.69, 9.17) is 0 Å². The molecule has 0 aliphatic heterocycles. The molecule has 0 saturated heterocycles. The molecule has 0 spiro atoms. The molecular weight excluding hydrogens is 310 g/mol. The van der Waals surface area contributed by atoms with Gasteiger partial charge in [-0.25, -0.2) is 0 Å². The number of nitrogens with zero attached hydrogens (tertiary/aromatic N) is 3. The van der Waals surface area contributed by atoms with Gasteiger partial charge in [-0.05, 0) is 35.4 Å². The maximum absolute atomic E-state index is 4.52. The second-order valence-electron chi connectivity index (χ2n) is 4.26. The summed E-state index contributed by atoms with van der Waals surface area (Å²) in [5.74, 6) is 2.21. The summed E-state index contributed by atoms with van der Waals surface area (Å²) in [6, 6.07) is 0. The lowest BCUT2D eigenvalue weighted by molar-refractivity contribution is 0.324. The van der Waals surface area contributed by atoms with Crippen molar-refractivity contribution in [2.24, 2.45) is 7.05 Å². The van der Waals surface area contributed by atoms with Crippen LogP contribution in [0.5, 0.6) is 0 Å². The Morgan fingerprint density at radius 2 is 1.94 bits per heavy atom. The second kappa shape index (κ2) is 8.23. The van der Waals surface area contributed by atoms with E-state index in [9.17, 15) is 0 Å². The second-order valence-corrected chi connectivity index (χ2v) is 6.16. The average molecular weight is 334 g/mol. The Morgan fingerprint density at radius 1 is 1.28 bits per heavy atom. The van der Waals surface area contributed by atoms with Gasteiger partial charge in [-0.1, -0.05) is 20.8 Å². The lowest BCUT2D eigenvalue weighted by Gasteiger charge is -2.17. The Labute approximate surface area is 123 Å². The van der Waals surface area contributed by atoms with Crippen LogP contribution in [0.25, 0.3) is 0 Å². The largest absolute Gasteiger partial charge is 0.303 e. The fourth-order valence-corrected chi connectivity index (χ4v) is 3.88. The number of hydrogen-bond donors (Lipinski definition) is 0. The van der Waals surface area contributed by atoms with Crippen molar-refractivity contribution in [3.8, 4) is 0 Å². The van der Waals surface area contributed by atoms with Crippen molar-refractivity contribution in [3.05, 3.63) is 15.9 Å². The minimum atomic E-state index is 0.985. The van der Waals surface area contributed by atoms with Gasteiger partial charge in [0.05, 0.1) is 15.9 Å². The van der Waals surface area contributed by atoms with Crippen LogP contribution in [0.3, 0.4) is 0 Å². The van der Waals surface area contributed by atoms with Crippen LogP contribution in [0.1, 0.15) is 32.2 Å². The molecule has 104 valence electrons. The molecule has 1 heterocycles. The van der Waals surface area contributed by atoms with Crippen molar-refractivity contribution < 1.29 is 0 Å². The van der Waals surface area contributed by atoms with Gasteiger partial charge in [0.1, 0.15) is 0 Å². The average Bonchev–Trinajstić information content (AvgIpc) is 2.65. The van der Waals surface area contributed by atoms with Crippen LogP contribution in [-0.4, -0.2) is 40.1 Å². The summed E-state index contributed by atoms with van der Waals surface area (Å²) < 4.78 is 3.20. The first-order valence-corrected chi connectivity index (χ1v) is 8.59. The van der Waals surface area contributed by atoms with Gasteiger partial charge < -0.3 is 4.90 Å². The first kappa shape index (κ1) is 16.1. The third kappa shape index (κ3) is 4.28. The molecule has 5 heteroatoms. The molecule has 18 heavy (non-hydrogen) atoms. The van der Waals surface area contributed by atoms with Crippen LogP contribution in [0, 0.1) is 0 Å². The molecule has 0 amide bonds. The van der Waals surface area contributed by atoms with E-state index in [1.807, 2.05) is 23.5 Å². The molecule has 0 aromatic carbocycles. The molecular formula is C13H24BrN3S. The molecule has 0 fully saturated rings. The van der Waals surface area contributed by atoms with Gasteiger partial charge in [-0.15, -0.1) is 0 Å². The van der Waals surface area contributed by atoms with Gasteiger partial charge in [0, 0.05) is 25.1 Å². The number of halogens is 1. The van der Waals surface area contributed by atoms with Crippen molar-refractivity contribution in [1.29, 1.82) is 0 Å². The third-order valence-corrected chi connectivity index (χ3v) is 5.05. The van der Waals surface area contributed by atoms with Crippen molar-refractivity contribution >= 4 is 27.7 Å². The molecule has 0 unspecified atom stereocenters. The number of aromatic nitrogens is 2. The molecule has 1 aromatic heterocycles. The van der Waals surface area contributed by atoms with Crippen LogP contribution in [0.2, 0.25) is 0 Å². The van der Waals surface area contributed by atoms with E-state index in [1.54, 1.807) is 0 Å². The number of rotatable bonds is 8. The SMILES string of the molecule is CCc1nn(C)c(CSCCN(CC)CC)c1Br. The van der Waals surface area contributed by atoms with E-state index in [1.165, 1.54) is 22.5 Å². The lowest BCUT2D eigenvalue weighted by atomic mass is 10.3. The fourth-order valence-electron chi connectivity index (χ4n) is 1.88. The lowest BCUT2D eigenvalue weighted by Crippen LogP contribution is -2.25. The molecule has 3 nitrogen and oxygen atoms in total. The summed E-state index contributed by atoms with van der Waals surface area (Å²) in [7, 11) is 2.03. The monoisotopic (exact) mass is 333 g/mol. The molecule has 0 bridgehead atoms. The van der Waals surface area contributed by atoms with Gasteiger partial charge >= 0.3 is 0 Å². The predicted octanol–water partition coefficient (Wildman–Crippen LogP) is 3.32. The zero-order chi connectivity index (χ0) is 13.5. The van der Waals surface area contributed by atoms with E-state index in [2.05, 4.69) is 46.7 Å². The Bertz CT molecular complexity index is 361. The highest BCUT2D eigenvalue weighted by atomic mass is 79.9. The van der Waals surface area contributed by atoms with Gasteiger partial charge in [0.25, 0.3) is 0 Å². The summed E-state index contributed by atoms with van der Waals surface area (Å²) in [6.07, 6.45) is 0.985. The zero-order valence-corrected chi connectivity index (χ0v) is 14.3. The minimum Gasteiger partial charge on any atom is -0.303 e. The van der Waals surface area contributed by atoms with Gasteiger partial charge in [0.2, 0.25) is 0 Å². The van der Waals surface area contributed by atoms with Crippen molar-refractivity contribution in [2.75, 3.05) is 25.4 Å². The van der Waals surface area contributed by atoms with Gasteiger partial charge in [-0.2, -0.15) is 16.9 Å². The van der Waals surface area contributed by atoms with Crippen LogP contribution in [0.4, 0.5) is 0 Å². The highest BCUT2D eigenvalue weighted by Crippen LogP contribution is 2.25. The maximum Gasteiger partial charge on any atom is 0.0767 e. The van der Waals surface area contributed by atoms with E-state index in [0.717, 1.165) is 31.0 Å². The van der Waals surface area contributed by atoms with Gasteiger partial charge in [0.15, 0.2) is 0 Å². The predicted molar refractivity (Wildman–Crippen MR) is 84.2 cm³/mol. The maximum atomic E-state index is 4.52. The van der Waals surface area contributed by atoms with Gasteiger partial charge in [-0.3, -0.25) is 4.68 Å². The summed E-state index contributed by atoms with van der Waals surface area (Å²) >= 11 is 5.65. The summed E-state index contributed by atoms with van der Waals surface area (Å²) in [5, 5.41) is 4.52. The number of thioether (sulfide) groups is 1. The Morgan fingerprint density at radius 3 is 2.44 bits per heavy atom. The molecule has 0 aliphatic carbocycles. The molecule has 0 aliphatic rings. The normalized spacial score (nSPS) is 11.4. The Kier molecular flexibility index (Phi) is 7.34. The van der Waals surface area contributed by atoms with E-state index >= 15 is 0 Å². The van der Waals surface area contributed by atoms with Crippen molar-refractivity contribution in [1.82, 2.24) is 14.7 Å². The fraction of sp³-hybridized carbons (Fsp3) is 0.769. The summed E-state index contributed by atoms with van der Waals surface area (Å²) in [5.41, 5.74) is 2.47. The van der Waals surface area contributed by atoms with Crippen LogP contribution in [0.15, 0.2) is 4.47 Å². The number of aryl methyl sites for hydroxylation is 2. The van der Waals surface area contributed by atoms with E-state index in [0.29, 0.717) is 0 Å². The van der Waals surface area contributed by atoms with Crippen LogP contribution < -0.4 is 0 Å². The molecule has 1 aromatic rings. The van der Waals surface area contributed by atoms with E-state index < -0.39 is 0 Å². The smallest absolute Gasteiger partial charge is 0.0767 e. The highest BCUT2D eigenvalue weighted by molar-refractivity contribution is 9.10. The standard InChI is InChI=1S/C13H24BrN3S/c1-5-11-13(14)12(16(4)15-11)10-18-9-8-17(6-2)7-3/h5-10H2,1-4H3. The van der Waals surface area contributed by atoms with Crippen molar-refractivity contribution in [3.63, 3.8) is 0 Å². The minimum absolute atomic E-state index is 0.985. The van der Waals surface area contributed by atoms with Crippen molar-refractivity contribution in [2.45, 2.75) is 32.9 Å². The number of hydrogen-bond acceptors (Lipinski definition) is 3. The third-order valence-electron chi connectivity index (χ3n) is 3.19. The van der Waals surface area contributed by atoms with E-state index in [-0.39, 0.29) is 0 Å².